The number of para-hydroxylation sites is 1. The van der Waals surface area contributed by atoms with Crippen LogP contribution in [-0.2, 0) is 11.2 Å². The van der Waals surface area contributed by atoms with E-state index >= 15 is 0 Å². The molecule has 5 N–H and O–H groups in total. The first kappa shape index (κ1) is 25.3. The van der Waals surface area contributed by atoms with Crippen molar-refractivity contribution in [3.63, 3.8) is 0 Å². The molecular weight excluding hydrogens is 458 g/mol. The van der Waals surface area contributed by atoms with Crippen LogP contribution in [0, 0.1) is 40.4 Å². The van der Waals surface area contributed by atoms with E-state index in [4.69, 9.17) is 5.73 Å². The highest BCUT2D eigenvalue weighted by Gasteiger charge is 2.60. The van der Waals surface area contributed by atoms with Gasteiger partial charge in [0.1, 0.15) is 5.82 Å². The molecule has 0 saturated heterocycles. The number of carbonyl (C=O) groups is 1. The molecule has 1 amide bonds. The summed E-state index contributed by atoms with van der Waals surface area (Å²) in [4.78, 5) is 16.2. The van der Waals surface area contributed by atoms with Crippen LogP contribution in [0.25, 0.3) is 10.9 Å². The number of anilines is 1. The van der Waals surface area contributed by atoms with Gasteiger partial charge in [-0.15, -0.1) is 0 Å². The van der Waals surface area contributed by atoms with Gasteiger partial charge in [-0.2, -0.15) is 0 Å². The molecule has 4 aliphatic carbocycles. The fourth-order valence-corrected chi connectivity index (χ4v) is 10.3. The molecule has 4 aliphatic rings. The second-order valence-corrected chi connectivity index (χ2v) is 13.7. The lowest BCUT2D eigenvalue weighted by molar-refractivity contribution is -0.129. The van der Waals surface area contributed by atoms with Crippen LogP contribution in [0.4, 0.5) is 5.82 Å². The Balaban J connectivity index is 1.07. The maximum atomic E-state index is 13.0. The average molecular weight is 506 g/mol. The molecule has 2 aromatic rings. The van der Waals surface area contributed by atoms with E-state index in [1.807, 2.05) is 25.1 Å². The first-order valence-corrected chi connectivity index (χ1v) is 15.0. The molecule has 0 spiro atoms. The second-order valence-electron chi connectivity index (χ2n) is 13.7. The number of aliphatic hydroxyl groups is 1. The smallest absolute Gasteiger partial charge is 0.220 e. The largest absolute Gasteiger partial charge is 0.393 e. The van der Waals surface area contributed by atoms with E-state index in [0.717, 1.165) is 53.0 Å². The van der Waals surface area contributed by atoms with Gasteiger partial charge in [0, 0.05) is 28.9 Å². The minimum absolute atomic E-state index is 0.163. The first-order chi connectivity index (χ1) is 17.7. The Labute approximate surface area is 222 Å². The van der Waals surface area contributed by atoms with Crippen molar-refractivity contribution in [3.05, 3.63) is 29.8 Å². The minimum atomic E-state index is -0.176. The molecular formula is C32H47N3O2. The van der Waals surface area contributed by atoms with E-state index in [0.29, 0.717) is 41.4 Å². The van der Waals surface area contributed by atoms with Crippen molar-refractivity contribution < 1.29 is 9.90 Å². The van der Waals surface area contributed by atoms with E-state index in [1.54, 1.807) is 0 Å². The lowest BCUT2D eigenvalue weighted by Crippen LogP contribution is -2.55. The standard InChI is InChI=1S/C32H47N3O2/c1-19(36)25-11-12-26-24-9-8-20-18-21(14-16-31(20,2)27(24)15-17-32(25,26)3)34-29(37)13-10-23-22-6-4-5-7-28(22)35-30(23)33/h4-7,19-21,24-27,35-36H,8-18,33H2,1-3H3,(H,34,37)/t19-,20-,21+,24?,25+,26?,27?,31-,32+/m0/s1. The van der Waals surface area contributed by atoms with Crippen LogP contribution < -0.4 is 11.1 Å². The van der Waals surface area contributed by atoms with Crippen LogP contribution in [0.15, 0.2) is 24.3 Å². The third-order valence-electron chi connectivity index (χ3n) is 12.1. The van der Waals surface area contributed by atoms with Crippen LogP contribution in [0.1, 0.15) is 90.5 Å². The summed E-state index contributed by atoms with van der Waals surface area (Å²) in [5, 5.41) is 15.0. The van der Waals surface area contributed by atoms with Crippen molar-refractivity contribution in [2.24, 2.45) is 40.4 Å². The lowest BCUT2D eigenvalue weighted by atomic mass is 9.44. The van der Waals surface area contributed by atoms with Crippen molar-refractivity contribution in [2.45, 2.75) is 104 Å². The van der Waals surface area contributed by atoms with E-state index in [2.05, 4.69) is 30.2 Å². The van der Waals surface area contributed by atoms with Gasteiger partial charge < -0.3 is 21.1 Å². The van der Waals surface area contributed by atoms with Crippen LogP contribution >= 0.6 is 0 Å². The van der Waals surface area contributed by atoms with Gasteiger partial charge in [0.25, 0.3) is 0 Å². The second kappa shape index (κ2) is 9.32. The molecule has 5 nitrogen and oxygen atoms in total. The molecule has 1 aromatic heterocycles. The number of nitrogens with one attached hydrogen (secondary N) is 2. The Morgan fingerprint density at radius 1 is 1.08 bits per heavy atom. The van der Waals surface area contributed by atoms with Crippen molar-refractivity contribution in [1.82, 2.24) is 10.3 Å². The highest BCUT2D eigenvalue weighted by molar-refractivity contribution is 5.89. The van der Waals surface area contributed by atoms with Crippen LogP contribution in [0.5, 0.6) is 0 Å². The van der Waals surface area contributed by atoms with E-state index in [9.17, 15) is 9.90 Å². The van der Waals surface area contributed by atoms with E-state index in [-0.39, 0.29) is 12.0 Å². The van der Waals surface area contributed by atoms with Crippen molar-refractivity contribution in [2.75, 3.05) is 5.73 Å². The number of nitrogens with two attached hydrogens (primary N) is 1. The number of rotatable bonds is 5. The average Bonchev–Trinajstić information content (AvgIpc) is 3.39. The molecule has 0 bridgehead atoms. The van der Waals surface area contributed by atoms with Gasteiger partial charge in [-0.1, -0.05) is 32.0 Å². The Morgan fingerprint density at radius 3 is 2.65 bits per heavy atom. The highest BCUT2D eigenvalue weighted by Crippen LogP contribution is 2.67. The van der Waals surface area contributed by atoms with Crippen LogP contribution in [-0.4, -0.2) is 28.1 Å². The molecule has 0 aliphatic heterocycles. The molecule has 0 radical (unpaired) electrons. The van der Waals surface area contributed by atoms with Gasteiger partial charge in [-0.3, -0.25) is 4.79 Å². The van der Waals surface area contributed by atoms with Crippen LogP contribution in [0.3, 0.4) is 0 Å². The molecule has 1 aromatic carbocycles. The Kier molecular flexibility index (Phi) is 6.37. The van der Waals surface area contributed by atoms with E-state index in [1.165, 1.54) is 44.9 Å². The number of hydrogen-bond donors (Lipinski definition) is 4. The van der Waals surface area contributed by atoms with Gasteiger partial charge in [-0.05, 0) is 118 Å². The summed E-state index contributed by atoms with van der Waals surface area (Å²) in [5.74, 6) is 4.48. The van der Waals surface area contributed by atoms with Gasteiger partial charge in [0.2, 0.25) is 5.91 Å². The molecule has 9 atom stereocenters. The minimum Gasteiger partial charge on any atom is -0.393 e. The topological polar surface area (TPSA) is 91.1 Å². The Hall–Kier alpha value is -2.01. The van der Waals surface area contributed by atoms with Crippen molar-refractivity contribution >= 4 is 22.6 Å². The zero-order chi connectivity index (χ0) is 25.9. The number of amides is 1. The number of aromatic nitrogens is 1. The quantitative estimate of drug-likeness (QED) is 0.389. The Bertz CT molecular complexity index is 1160. The summed E-state index contributed by atoms with van der Waals surface area (Å²) in [6.45, 7) is 7.12. The van der Waals surface area contributed by atoms with Gasteiger partial charge in [0.05, 0.1) is 6.10 Å². The van der Waals surface area contributed by atoms with Gasteiger partial charge in [0.15, 0.2) is 0 Å². The molecule has 4 fully saturated rings. The molecule has 37 heavy (non-hydrogen) atoms. The summed E-state index contributed by atoms with van der Waals surface area (Å²) in [5.41, 5.74) is 9.07. The number of aryl methyl sites for hydroxylation is 1. The maximum absolute atomic E-state index is 13.0. The Morgan fingerprint density at radius 2 is 1.84 bits per heavy atom. The molecule has 202 valence electrons. The molecule has 6 rings (SSSR count). The molecule has 1 heterocycles. The van der Waals surface area contributed by atoms with Crippen molar-refractivity contribution in [1.29, 1.82) is 0 Å². The number of aromatic amines is 1. The number of aliphatic hydroxyl groups excluding tert-OH is 1. The summed E-state index contributed by atoms with van der Waals surface area (Å²) in [6.07, 6.45) is 12.3. The fraction of sp³-hybridized carbons (Fsp3) is 0.719. The summed E-state index contributed by atoms with van der Waals surface area (Å²) in [7, 11) is 0. The SMILES string of the molecule is C[C@H](O)[C@H]1CCC2C3CC[C@H]4C[C@H](NC(=O)CCc5c(N)[nH]c6ccccc56)CC[C@]4(C)C3CC[C@@]21C. The summed E-state index contributed by atoms with van der Waals surface area (Å²) < 4.78 is 0. The zero-order valence-electron chi connectivity index (χ0n) is 23.1. The monoisotopic (exact) mass is 505 g/mol. The predicted octanol–water partition coefficient (Wildman–Crippen LogP) is 6.21. The number of fused-ring (bicyclic) bond motifs is 6. The molecule has 3 unspecified atom stereocenters. The fourth-order valence-electron chi connectivity index (χ4n) is 10.3. The van der Waals surface area contributed by atoms with Gasteiger partial charge in [-0.25, -0.2) is 0 Å². The zero-order valence-corrected chi connectivity index (χ0v) is 23.1. The van der Waals surface area contributed by atoms with Crippen LogP contribution in [0.2, 0.25) is 0 Å². The predicted molar refractivity (Wildman–Crippen MR) is 150 cm³/mol. The van der Waals surface area contributed by atoms with E-state index < -0.39 is 0 Å². The lowest BCUT2D eigenvalue weighted by Gasteiger charge is -2.61. The third-order valence-corrected chi connectivity index (χ3v) is 12.1. The normalized spacial score (nSPS) is 40.0. The highest BCUT2D eigenvalue weighted by atomic mass is 16.3. The van der Waals surface area contributed by atoms with Crippen molar-refractivity contribution in [3.8, 4) is 0 Å². The third kappa shape index (κ3) is 4.11. The number of H-pyrrole nitrogens is 1. The molecule has 4 saturated carbocycles. The number of nitrogen functional groups attached to an aromatic ring is 1. The first-order valence-electron chi connectivity index (χ1n) is 15.0. The number of carbonyl (C=O) groups excluding carboxylic acids is 1. The summed E-state index contributed by atoms with van der Waals surface area (Å²) >= 11 is 0. The number of hydrogen-bond acceptors (Lipinski definition) is 3. The maximum Gasteiger partial charge on any atom is 0.220 e. The number of benzene rings is 1. The van der Waals surface area contributed by atoms with Gasteiger partial charge >= 0.3 is 0 Å². The summed E-state index contributed by atoms with van der Waals surface area (Å²) in [6, 6.07) is 8.46. The molecule has 5 heteroatoms.